The van der Waals surface area contributed by atoms with E-state index in [2.05, 4.69) is 5.32 Å². The van der Waals surface area contributed by atoms with Crippen LogP contribution in [0.3, 0.4) is 0 Å². The molecule has 3 aromatic rings. The van der Waals surface area contributed by atoms with Gasteiger partial charge in [0.2, 0.25) is 21.8 Å². The molecule has 3 aromatic carbocycles. The lowest BCUT2D eigenvalue weighted by Crippen LogP contribution is -2.55. The number of hydrogen-bond donors (Lipinski definition) is 1. The molecule has 1 atom stereocenters. The summed E-state index contributed by atoms with van der Waals surface area (Å²) in [6, 6.07) is 23.0. The molecular formula is C31H36FN3O4S. The largest absolute Gasteiger partial charge is 0.352 e. The van der Waals surface area contributed by atoms with E-state index in [4.69, 9.17) is 0 Å². The van der Waals surface area contributed by atoms with Crippen molar-refractivity contribution in [2.75, 3.05) is 17.1 Å². The fourth-order valence-electron chi connectivity index (χ4n) is 5.12. The molecule has 40 heavy (non-hydrogen) atoms. The minimum atomic E-state index is -3.95. The zero-order chi connectivity index (χ0) is 28.5. The fraction of sp³-hybridized carbons (Fsp3) is 0.355. The van der Waals surface area contributed by atoms with Crippen molar-refractivity contribution in [3.05, 3.63) is 102 Å². The first-order valence-electron chi connectivity index (χ1n) is 13.6. The lowest BCUT2D eigenvalue weighted by molar-refractivity contribution is -0.140. The Morgan fingerprint density at radius 3 is 2.12 bits per heavy atom. The molecule has 1 saturated carbocycles. The molecule has 0 aliphatic heterocycles. The third kappa shape index (κ3) is 8.14. The number of halogens is 1. The quantitative estimate of drug-likeness (QED) is 0.366. The molecular weight excluding hydrogens is 529 g/mol. The molecule has 0 heterocycles. The lowest BCUT2D eigenvalue weighted by Gasteiger charge is -2.35. The van der Waals surface area contributed by atoms with Crippen LogP contribution in [0.2, 0.25) is 0 Å². The summed E-state index contributed by atoms with van der Waals surface area (Å²) >= 11 is 0. The number of anilines is 1. The number of carbonyl (C=O) groups is 2. The van der Waals surface area contributed by atoms with Crippen molar-refractivity contribution >= 4 is 27.5 Å². The van der Waals surface area contributed by atoms with Gasteiger partial charge in [-0.15, -0.1) is 0 Å². The molecule has 1 aliphatic rings. The number of hydrogen-bond acceptors (Lipinski definition) is 4. The number of amides is 2. The maximum atomic E-state index is 14.0. The van der Waals surface area contributed by atoms with Crippen molar-refractivity contribution in [3.8, 4) is 0 Å². The van der Waals surface area contributed by atoms with Crippen molar-refractivity contribution < 1.29 is 22.4 Å². The molecule has 1 aliphatic carbocycles. The van der Waals surface area contributed by atoms with Crippen LogP contribution in [0.1, 0.15) is 43.2 Å². The Morgan fingerprint density at radius 2 is 1.52 bits per heavy atom. The molecule has 0 unspecified atom stereocenters. The van der Waals surface area contributed by atoms with Gasteiger partial charge in [0, 0.05) is 19.0 Å². The van der Waals surface area contributed by atoms with Gasteiger partial charge in [-0.05, 0) is 42.2 Å². The fourth-order valence-corrected chi connectivity index (χ4v) is 5.96. The van der Waals surface area contributed by atoms with Crippen molar-refractivity contribution in [3.63, 3.8) is 0 Å². The minimum Gasteiger partial charge on any atom is -0.352 e. The Bertz CT molecular complexity index is 1380. The Labute approximate surface area is 236 Å². The van der Waals surface area contributed by atoms with E-state index in [9.17, 15) is 22.4 Å². The van der Waals surface area contributed by atoms with Gasteiger partial charge in [-0.2, -0.15) is 0 Å². The van der Waals surface area contributed by atoms with Crippen LogP contribution in [0.4, 0.5) is 10.1 Å². The van der Waals surface area contributed by atoms with Crippen LogP contribution in [0.25, 0.3) is 0 Å². The Hall–Kier alpha value is -3.72. The number of nitrogens with zero attached hydrogens (tertiary/aromatic N) is 2. The topological polar surface area (TPSA) is 86.8 Å². The molecule has 1 N–H and O–H groups in total. The summed E-state index contributed by atoms with van der Waals surface area (Å²) in [4.78, 5) is 29.4. The number of benzene rings is 3. The van der Waals surface area contributed by atoms with Crippen LogP contribution in [0.5, 0.6) is 0 Å². The number of nitrogens with one attached hydrogen (secondary N) is 1. The summed E-state index contributed by atoms with van der Waals surface area (Å²) < 4.78 is 40.5. The first-order valence-corrected chi connectivity index (χ1v) is 15.5. The van der Waals surface area contributed by atoms with Crippen molar-refractivity contribution in [2.45, 2.75) is 57.2 Å². The highest BCUT2D eigenvalue weighted by Gasteiger charge is 2.34. The number of rotatable bonds is 11. The smallest absolute Gasteiger partial charge is 0.244 e. The molecule has 1 fully saturated rings. The van der Waals surface area contributed by atoms with Gasteiger partial charge < -0.3 is 10.2 Å². The standard InChI is InChI=1S/C31H36FN3O4S/c1-40(38,39)35(28-19-11-16-26(32)21-28)23-30(36)34(22-25-14-7-3-8-15-25)29(20-24-12-5-2-6-13-24)31(37)33-27-17-9-4-10-18-27/h2-3,5-8,11-16,19,21,27,29H,4,9-10,17-18,20,22-23H2,1H3,(H,33,37)/t29-/m0/s1. The Kier molecular flexibility index (Phi) is 9.93. The molecule has 2 amide bonds. The van der Waals surface area contributed by atoms with Gasteiger partial charge >= 0.3 is 0 Å². The molecule has 9 heteroatoms. The van der Waals surface area contributed by atoms with Crippen LogP contribution < -0.4 is 9.62 Å². The third-order valence-corrected chi connectivity index (χ3v) is 8.33. The maximum absolute atomic E-state index is 14.0. The van der Waals surface area contributed by atoms with E-state index in [0.717, 1.165) is 59.9 Å². The van der Waals surface area contributed by atoms with E-state index in [-0.39, 0.29) is 30.6 Å². The summed E-state index contributed by atoms with van der Waals surface area (Å²) in [5, 5.41) is 3.17. The first-order chi connectivity index (χ1) is 19.2. The average Bonchev–Trinajstić information content (AvgIpc) is 2.94. The van der Waals surface area contributed by atoms with Crippen LogP contribution in [0, 0.1) is 5.82 Å². The van der Waals surface area contributed by atoms with Crippen molar-refractivity contribution in [2.24, 2.45) is 0 Å². The second-order valence-electron chi connectivity index (χ2n) is 10.3. The lowest BCUT2D eigenvalue weighted by atomic mass is 9.94. The van der Waals surface area contributed by atoms with Gasteiger partial charge in [0.15, 0.2) is 0 Å². The first kappa shape index (κ1) is 29.3. The number of carbonyl (C=O) groups excluding carboxylic acids is 2. The van der Waals surface area contributed by atoms with Crippen molar-refractivity contribution in [1.29, 1.82) is 0 Å². The van der Waals surface area contributed by atoms with E-state index < -0.39 is 34.3 Å². The highest BCUT2D eigenvalue weighted by atomic mass is 32.2. The SMILES string of the molecule is CS(=O)(=O)N(CC(=O)N(Cc1ccccc1)[C@@H](Cc1ccccc1)C(=O)NC1CCCCC1)c1cccc(F)c1. The van der Waals surface area contributed by atoms with Gasteiger partial charge in [0.25, 0.3) is 0 Å². The van der Waals surface area contributed by atoms with Crippen LogP contribution in [0.15, 0.2) is 84.9 Å². The Balaban J connectivity index is 1.70. The number of sulfonamides is 1. The normalized spacial score (nSPS) is 14.8. The van der Waals surface area contributed by atoms with E-state index in [1.807, 2.05) is 60.7 Å². The summed E-state index contributed by atoms with van der Waals surface area (Å²) in [6.45, 7) is -0.465. The molecule has 4 rings (SSSR count). The Morgan fingerprint density at radius 1 is 0.900 bits per heavy atom. The van der Waals surface area contributed by atoms with Crippen LogP contribution >= 0.6 is 0 Å². The zero-order valence-corrected chi connectivity index (χ0v) is 23.5. The molecule has 0 aromatic heterocycles. The van der Waals surface area contributed by atoms with E-state index in [1.165, 1.54) is 23.1 Å². The third-order valence-electron chi connectivity index (χ3n) is 7.19. The molecule has 0 spiro atoms. The van der Waals surface area contributed by atoms with Gasteiger partial charge in [0.05, 0.1) is 11.9 Å². The second-order valence-corrected chi connectivity index (χ2v) is 12.2. The minimum absolute atomic E-state index is 0.0352. The molecule has 212 valence electrons. The zero-order valence-electron chi connectivity index (χ0n) is 22.7. The summed E-state index contributed by atoms with van der Waals surface area (Å²) in [5.74, 6) is -1.44. The van der Waals surface area contributed by atoms with Crippen molar-refractivity contribution in [1.82, 2.24) is 10.2 Å². The predicted octanol–water partition coefficient (Wildman–Crippen LogP) is 4.68. The van der Waals surface area contributed by atoms with E-state index in [1.54, 1.807) is 0 Å². The predicted molar refractivity (Wildman–Crippen MR) is 155 cm³/mol. The molecule has 0 bridgehead atoms. The van der Waals surface area contributed by atoms with Gasteiger partial charge in [-0.25, -0.2) is 12.8 Å². The van der Waals surface area contributed by atoms with Gasteiger partial charge in [0.1, 0.15) is 18.4 Å². The highest BCUT2D eigenvalue weighted by molar-refractivity contribution is 7.92. The molecule has 7 nitrogen and oxygen atoms in total. The van der Waals surface area contributed by atoms with Crippen LogP contribution in [-0.2, 0) is 32.6 Å². The van der Waals surface area contributed by atoms with E-state index >= 15 is 0 Å². The maximum Gasteiger partial charge on any atom is 0.244 e. The monoisotopic (exact) mass is 565 g/mol. The second kappa shape index (κ2) is 13.6. The summed E-state index contributed by atoms with van der Waals surface area (Å²) in [7, 11) is -3.95. The summed E-state index contributed by atoms with van der Waals surface area (Å²) in [5.41, 5.74) is 1.72. The highest BCUT2D eigenvalue weighted by Crippen LogP contribution is 2.22. The van der Waals surface area contributed by atoms with E-state index in [0.29, 0.717) is 0 Å². The van der Waals surface area contributed by atoms with Gasteiger partial charge in [-0.1, -0.05) is 86.0 Å². The van der Waals surface area contributed by atoms with Crippen LogP contribution in [-0.4, -0.2) is 50.0 Å². The van der Waals surface area contributed by atoms with Gasteiger partial charge in [-0.3, -0.25) is 13.9 Å². The summed E-state index contributed by atoms with van der Waals surface area (Å²) in [6.07, 6.45) is 6.23. The molecule has 0 radical (unpaired) electrons. The average molecular weight is 566 g/mol. The molecule has 0 saturated heterocycles.